The summed E-state index contributed by atoms with van der Waals surface area (Å²) in [5.74, 6) is 0.510. The van der Waals surface area contributed by atoms with Gasteiger partial charge in [-0.25, -0.2) is 0 Å². The molecule has 2 unspecified atom stereocenters. The Morgan fingerprint density at radius 1 is 1.35 bits per heavy atom. The summed E-state index contributed by atoms with van der Waals surface area (Å²) in [7, 11) is 0. The fraction of sp³-hybridized carbons (Fsp3) is 0.667. The van der Waals surface area contributed by atoms with Gasteiger partial charge < -0.3 is 10.4 Å². The lowest BCUT2D eigenvalue weighted by molar-refractivity contribution is 0.0317. The average molecular weight is 275 g/mol. The van der Waals surface area contributed by atoms with Gasteiger partial charge in [-0.15, -0.1) is 0 Å². The lowest BCUT2D eigenvalue weighted by atomic mass is 9.84. The van der Waals surface area contributed by atoms with E-state index in [0.717, 1.165) is 12.8 Å². The molecule has 2 atom stereocenters. The Morgan fingerprint density at radius 3 is 2.65 bits per heavy atom. The molecule has 1 aliphatic carbocycles. The maximum Gasteiger partial charge on any atom is 0.0746 e. The van der Waals surface area contributed by atoms with Gasteiger partial charge in [0.2, 0.25) is 0 Å². The number of aliphatic hydroxyl groups is 1. The van der Waals surface area contributed by atoms with Crippen LogP contribution < -0.4 is 5.32 Å². The van der Waals surface area contributed by atoms with E-state index in [9.17, 15) is 5.11 Å². The lowest BCUT2D eigenvalue weighted by Crippen LogP contribution is -2.43. The largest absolute Gasteiger partial charge is 0.389 e. The predicted molar refractivity (Wildman–Crippen MR) is 84.7 cm³/mol. The molecule has 1 aromatic rings. The molecule has 0 heterocycles. The van der Waals surface area contributed by atoms with Crippen LogP contribution in [-0.4, -0.2) is 17.3 Å². The maximum atomic E-state index is 10.5. The van der Waals surface area contributed by atoms with Crippen LogP contribution in [0.15, 0.2) is 24.3 Å². The smallest absolute Gasteiger partial charge is 0.0746 e. The van der Waals surface area contributed by atoms with Crippen LogP contribution in [0.4, 0.5) is 0 Å². The van der Waals surface area contributed by atoms with Crippen molar-refractivity contribution in [3.05, 3.63) is 35.4 Å². The first-order valence-corrected chi connectivity index (χ1v) is 7.75. The second-order valence-electron chi connectivity index (χ2n) is 7.77. The highest BCUT2D eigenvalue weighted by atomic mass is 16.3. The fourth-order valence-electron chi connectivity index (χ4n) is 3.65. The Balaban J connectivity index is 2.09. The minimum Gasteiger partial charge on any atom is -0.389 e. The molecule has 0 radical (unpaired) electrons. The molecule has 2 nitrogen and oxygen atoms in total. The summed E-state index contributed by atoms with van der Waals surface area (Å²) in [5.41, 5.74) is 2.41. The molecule has 0 saturated carbocycles. The molecule has 0 fully saturated rings. The van der Waals surface area contributed by atoms with Crippen LogP contribution in [0.3, 0.4) is 0 Å². The van der Waals surface area contributed by atoms with E-state index in [1.807, 2.05) is 6.92 Å². The summed E-state index contributed by atoms with van der Waals surface area (Å²) in [5, 5.41) is 14.1. The third kappa shape index (κ3) is 3.42. The molecule has 1 aliphatic rings. The molecule has 2 rings (SSSR count). The molecular formula is C18H29NO. The zero-order valence-corrected chi connectivity index (χ0v) is 13.5. The number of benzene rings is 1. The number of fused-ring (bicyclic) bond motifs is 1. The van der Waals surface area contributed by atoms with Crippen LogP contribution in [-0.2, 0) is 6.42 Å². The molecule has 0 aliphatic heterocycles. The SMILES string of the molecule is CC(C)CC(C)(O)CNC1c2ccccc2CC1(C)C. The van der Waals surface area contributed by atoms with Gasteiger partial charge in [-0.05, 0) is 42.2 Å². The molecule has 112 valence electrons. The van der Waals surface area contributed by atoms with Crippen molar-refractivity contribution in [2.75, 3.05) is 6.54 Å². The van der Waals surface area contributed by atoms with Crippen molar-refractivity contribution >= 4 is 0 Å². The molecule has 0 saturated heterocycles. The van der Waals surface area contributed by atoms with Gasteiger partial charge in [0.05, 0.1) is 5.60 Å². The van der Waals surface area contributed by atoms with E-state index in [4.69, 9.17) is 0 Å². The van der Waals surface area contributed by atoms with E-state index in [1.54, 1.807) is 0 Å². The second kappa shape index (κ2) is 5.50. The van der Waals surface area contributed by atoms with Crippen molar-refractivity contribution in [2.24, 2.45) is 11.3 Å². The van der Waals surface area contributed by atoms with Gasteiger partial charge in [0.1, 0.15) is 0 Å². The van der Waals surface area contributed by atoms with Crippen LogP contribution in [0.2, 0.25) is 0 Å². The van der Waals surface area contributed by atoms with Crippen molar-refractivity contribution in [1.82, 2.24) is 5.32 Å². The number of nitrogens with one attached hydrogen (secondary N) is 1. The fourth-order valence-corrected chi connectivity index (χ4v) is 3.65. The molecule has 20 heavy (non-hydrogen) atoms. The van der Waals surface area contributed by atoms with Gasteiger partial charge in [0.25, 0.3) is 0 Å². The standard InChI is InChI=1S/C18H29NO/c1-13(2)10-18(5,20)12-19-16-15-9-7-6-8-14(15)11-17(16,3)4/h6-9,13,16,19-20H,10-12H2,1-5H3. The van der Waals surface area contributed by atoms with Crippen molar-refractivity contribution in [3.63, 3.8) is 0 Å². The number of hydrogen-bond donors (Lipinski definition) is 2. The normalized spacial score (nSPS) is 23.6. The first kappa shape index (κ1) is 15.5. The summed E-state index contributed by atoms with van der Waals surface area (Å²) >= 11 is 0. The minimum absolute atomic E-state index is 0.206. The maximum absolute atomic E-state index is 10.5. The van der Waals surface area contributed by atoms with Gasteiger partial charge in [0.15, 0.2) is 0 Å². The van der Waals surface area contributed by atoms with Gasteiger partial charge in [-0.2, -0.15) is 0 Å². The van der Waals surface area contributed by atoms with E-state index in [2.05, 4.69) is 57.3 Å². The Kier molecular flexibility index (Phi) is 4.27. The molecule has 2 heteroatoms. The zero-order valence-electron chi connectivity index (χ0n) is 13.5. The van der Waals surface area contributed by atoms with Crippen LogP contribution in [0.1, 0.15) is 58.2 Å². The predicted octanol–water partition coefficient (Wildman–Crippen LogP) is 3.70. The summed E-state index contributed by atoms with van der Waals surface area (Å²) in [6.07, 6.45) is 1.93. The molecule has 0 spiro atoms. The van der Waals surface area contributed by atoms with Crippen molar-refractivity contribution < 1.29 is 5.11 Å². The highest BCUT2D eigenvalue weighted by molar-refractivity contribution is 5.37. The van der Waals surface area contributed by atoms with E-state index in [0.29, 0.717) is 18.5 Å². The van der Waals surface area contributed by atoms with Crippen molar-refractivity contribution in [3.8, 4) is 0 Å². The minimum atomic E-state index is -0.637. The van der Waals surface area contributed by atoms with Crippen LogP contribution >= 0.6 is 0 Å². The lowest BCUT2D eigenvalue weighted by Gasteiger charge is -2.33. The monoisotopic (exact) mass is 275 g/mol. The summed E-state index contributed by atoms with van der Waals surface area (Å²) in [4.78, 5) is 0. The molecular weight excluding hydrogens is 246 g/mol. The second-order valence-corrected chi connectivity index (χ2v) is 7.77. The Bertz CT molecular complexity index is 462. The molecule has 0 amide bonds. The third-order valence-corrected chi connectivity index (χ3v) is 4.33. The Hall–Kier alpha value is -0.860. The van der Waals surface area contributed by atoms with E-state index in [1.165, 1.54) is 11.1 Å². The number of hydrogen-bond acceptors (Lipinski definition) is 2. The summed E-state index contributed by atoms with van der Waals surface area (Å²) in [6.45, 7) is 11.5. The van der Waals surface area contributed by atoms with E-state index < -0.39 is 5.60 Å². The quantitative estimate of drug-likeness (QED) is 0.859. The molecule has 0 bridgehead atoms. The van der Waals surface area contributed by atoms with E-state index >= 15 is 0 Å². The van der Waals surface area contributed by atoms with Crippen LogP contribution in [0.25, 0.3) is 0 Å². The topological polar surface area (TPSA) is 32.3 Å². The molecule has 1 aromatic carbocycles. The number of rotatable bonds is 5. The summed E-state index contributed by atoms with van der Waals surface area (Å²) in [6, 6.07) is 9.01. The van der Waals surface area contributed by atoms with Crippen molar-refractivity contribution in [2.45, 2.75) is 59.1 Å². The van der Waals surface area contributed by atoms with Crippen LogP contribution in [0, 0.1) is 11.3 Å². The van der Waals surface area contributed by atoms with Crippen LogP contribution in [0.5, 0.6) is 0 Å². The first-order valence-electron chi connectivity index (χ1n) is 7.75. The summed E-state index contributed by atoms with van der Waals surface area (Å²) < 4.78 is 0. The molecule has 2 N–H and O–H groups in total. The Morgan fingerprint density at radius 2 is 2.00 bits per heavy atom. The van der Waals surface area contributed by atoms with Gasteiger partial charge >= 0.3 is 0 Å². The van der Waals surface area contributed by atoms with Crippen molar-refractivity contribution in [1.29, 1.82) is 0 Å². The zero-order chi connectivity index (χ0) is 15.0. The molecule has 0 aromatic heterocycles. The Labute approximate surface area is 123 Å². The van der Waals surface area contributed by atoms with Gasteiger partial charge in [-0.3, -0.25) is 0 Å². The highest BCUT2D eigenvalue weighted by Gasteiger charge is 2.39. The average Bonchev–Trinajstić information content (AvgIpc) is 2.54. The van der Waals surface area contributed by atoms with E-state index in [-0.39, 0.29) is 5.41 Å². The van der Waals surface area contributed by atoms with Gasteiger partial charge in [0, 0.05) is 12.6 Å². The van der Waals surface area contributed by atoms with Gasteiger partial charge in [-0.1, -0.05) is 52.0 Å². The third-order valence-electron chi connectivity index (χ3n) is 4.33. The highest BCUT2D eigenvalue weighted by Crippen LogP contribution is 2.45. The first-order chi connectivity index (χ1) is 9.21.